The number of nitrogens with two attached hydrogens (primary N) is 1. The summed E-state index contributed by atoms with van der Waals surface area (Å²) in [7, 11) is 0. The molecule has 3 N–H and O–H groups in total. The third-order valence-corrected chi connectivity index (χ3v) is 3.88. The number of hydrogen-bond donors (Lipinski definition) is 2. The third-order valence-electron chi connectivity index (χ3n) is 2.84. The van der Waals surface area contributed by atoms with Gasteiger partial charge in [0.05, 0.1) is 0 Å². The van der Waals surface area contributed by atoms with E-state index in [2.05, 4.69) is 0 Å². The van der Waals surface area contributed by atoms with Crippen LogP contribution in [-0.4, -0.2) is 11.0 Å². The molecule has 0 spiro atoms. The molecule has 0 saturated carbocycles. The maximum atomic E-state index is 11.1. The summed E-state index contributed by atoms with van der Waals surface area (Å²) < 4.78 is 0. The standard InChI is InChI=1S/C15H15NO2S/c1-10-7-11(15(16)18)5-6-12(10)9-19-14-4-2-3-13(17)8-14/h2-8,17H,9H2,1H3,(H2,16,18). The Kier molecular flexibility index (Phi) is 4.12. The zero-order valence-electron chi connectivity index (χ0n) is 10.6. The van der Waals surface area contributed by atoms with Crippen LogP contribution in [0, 0.1) is 6.92 Å². The van der Waals surface area contributed by atoms with Gasteiger partial charge in [0.1, 0.15) is 5.75 Å². The van der Waals surface area contributed by atoms with Crippen molar-refractivity contribution in [1.82, 2.24) is 0 Å². The number of hydrogen-bond acceptors (Lipinski definition) is 3. The van der Waals surface area contributed by atoms with E-state index in [1.54, 1.807) is 36.0 Å². The van der Waals surface area contributed by atoms with Crippen molar-refractivity contribution >= 4 is 17.7 Å². The number of phenols is 1. The number of rotatable bonds is 4. The second kappa shape index (κ2) is 5.80. The number of amides is 1. The number of primary amides is 1. The molecular weight excluding hydrogens is 258 g/mol. The first kappa shape index (κ1) is 13.5. The summed E-state index contributed by atoms with van der Waals surface area (Å²) in [6, 6.07) is 12.6. The summed E-state index contributed by atoms with van der Waals surface area (Å²) >= 11 is 1.64. The van der Waals surface area contributed by atoms with Crippen molar-refractivity contribution < 1.29 is 9.90 Å². The molecule has 2 aromatic carbocycles. The molecule has 0 radical (unpaired) electrons. The molecule has 0 fully saturated rings. The quantitative estimate of drug-likeness (QED) is 0.841. The molecule has 4 heteroatoms. The molecule has 19 heavy (non-hydrogen) atoms. The van der Waals surface area contributed by atoms with Crippen LogP contribution in [0.1, 0.15) is 21.5 Å². The lowest BCUT2D eigenvalue weighted by atomic mass is 10.1. The molecule has 0 atom stereocenters. The van der Waals surface area contributed by atoms with Gasteiger partial charge < -0.3 is 10.8 Å². The molecule has 0 heterocycles. The number of carbonyl (C=O) groups is 1. The zero-order valence-corrected chi connectivity index (χ0v) is 11.4. The first-order chi connectivity index (χ1) is 9.06. The van der Waals surface area contributed by atoms with Gasteiger partial charge in [0.15, 0.2) is 0 Å². The number of aryl methyl sites for hydroxylation is 1. The van der Waals surface area contributed by atoms with Crippen molar-refractivity contribution in [1.29, 1.82) is 0 Å². The highest BCUT2D eigenvalue weighted by atomic mass is 32.2. The Labute approximate surface area is 116 Å². The van der Waals surface area contributed by atoms with Crippen LogP contribution in [0.3, 0.4) is 0 Å². The van der Waals surface area contributed by atoms with Crippen LogP contribution < -0.4 is 5.73 Å². The molecule has 1 amide bonds. The average Bonchev–Trinajstić information content (AvgIpc) is 2.37. The van der Waals surface area contributed by atoms with Crippen molar-refractivity contribution in [2.24, 2.45) is 5.73 Å². The van der Waals surface area contributed by atoms with Crippen molar-refractivity contribution in [3.05, 3.63) is 59.2 Å². The molecule has 2 rings (SSSR count). The topological polar surface area (TPSA) is 63.3 Å². The highest BCUT2D eigenvalue weighted by Gasteiger charge is 2.05. The maximum absolute atomic E-state index is 11.1. The molecule has 0 aliphatic carbocycles. The first-order valence-electron chi connectivity index (χ1n) is 5.87. The molecule has 0 aliphatic heterocycles. The SMILES string of the molecule is Cc1cc(C(N)=O)ccc1CSc1cccc(O)c1. The second-order valence-corrected chi connectivity index (χ2v) is 5.34. The molecule has 0 unspecified atom stereocenters. The van der Waals surface area contributed by atoms with Gasteiger partial charge in [-0.3, -0.25) is 4.79 Å². The summed E-state index contributed by atoms with van der Waals surface area (Å²) in [5.41, 5.74) is 7.97. The average molecular weight is 273 g/mol. The van der Waals surface area contributed by atoms with Crippen LogP contribution in [-0.2, 0) is 5.75 Å². The minimum atomic E-state index is -0.407. The minimum absolute atomic E-state index is 0.269. The lowest BCUT2D eigenvalue weighted by Gasteiger charge is -2.07. The Hall–Kier alpha value is -1.94. The fourth-order valence-corrected chi connectivity index (χ4v) is 2.77. The third kappa shape index (κ3) is 3.51. The van der Waals surface area contributed by atoms with Gasteiger partial charge in [-0.05, 0) is 48.4 Å². The lowest BCUT2D eigenvalue weighted by Crippen LogP contribution is -2.11. The lowest BCUT2D eigenvalue weighted by molar-refractivity contribution is 0.1000. The highest BCUT2D eigenvalue weighted by Crippen LogP contribution is 2.27. The van der Waals surface area contributed by atoms with Crippen molar-refractivity contribution in [2.75, 3.05) is 0 Å². The molecule has 0 saturated heterocycles. The maximum Gasteiger partial charge on any atom is 0.248 e. The number of aromatic hydroxyl groups is 1. The predicted octanol–water partition coefficient (Wildman–Crippen LogP) is 3.09. The summed E-state index contributed by atoms with van der Waals surface area (Å²) in [4.78, 5) is 12.1. The number of thioether (sulfide) groups is 1. The van der Waals surface area contributed by atoms with E-state index in [9.17, 15) is 9.90 Å². The van der Waals surface area contributed by atoms with Crippen LogP contribution in [0.25, 0.3) is 0 Å². The normalized spacial score (nSPS) is 10.4. The largest absolute Gasteiger partial charge is 0.508 e. The van der Waals surface area contributed by atoms with Gasteiger partial charge in [-0.25, -0.2) is 0 Å². The number of phenolic OH excluding ortho intramolecular Hbond substituents is 1. The van der Waals surface area contributed by atoms with Crippen molar-refractivity contribution in [3.63, 3.8) is 0 Å². The molecule has 3 nitrogen and oxygen atoms in total. The Bertz CT molecular complexity index is 611. The van der Waals surface area contributed by atoms with Crippen LogP contribution in [0.2, 0.25) is 0 Å². The van der Waals surface area contributed by atoms with Crippen molar-refractivity contribution in [3.8, 4) is 5.75 Å². The van der Waals surface area contributed by atoms with E-state index in [1.165, 1.54) is 0 Å². The Morgan fingerprint density at radius 3 is 2.68 bits per heavy atom. The van der Waals surface area contributed by atoms with Crippen LogP contribution in [0.5, 0.6) is 5.75 Å². The Morgan fingerprint density at radius 2 is 2.05 bits per heavy atom. The fourth-order valence-electron chi connectivity index (χ4n) is 1.75. The number of carbonyl (C=O) groups excluding carboxylic acids is 1. The summed E-state index contributed by atoms with van der Waals surface area (Å²) in [5, 5.41) is 9.40. The van der Waals surface area contributed by atoms with E-state index in [1.807, 2.05) is 25.1 Å². The molecule has 98 valence electrons. The van der Waals surface area contributed by atoms with Crippen LogP contribution in [0.15, 0.2) is 47.4 Å². The predicted molar refractivity (Wildman–Crippen MR) is 77.4 cm³/mol. The molecule has 0 aromatic heterocycles. The van der Waals surface area contributed by atoms with Gasteiger partial charge in [0.2, 0.25) is 5.91 Å². The Morgan fingerprint density at radius 1 is 1.26 bits per heavy atom. The molecule has 2 aromatic rings. The smallest absolute Gasteiger partial charge is 0.248 e. The fraction of sp³-hybridized carbons (Fsp3) is 0.133. The molecular formula is C15H15NO2S. The van der Waals surface area contributed by atoms with E-state index in [0.717, 1.165) is 21.8 Å². The number of benzene rings is 2. The molecule has 0 bridgehead atoms. The van der Waals surface area contributed by atoms with E-state index in [0.29, 0.717) is 5.56 Å². The highest BCUT2D eigenvalue weighted by molar-refractivity contribution is 7.98. The van der Waals surface area contributed by atoms with E-state index in [4.69, 9.17) is 5.73 Å². The van der Waals surface area contributed by atoms with E-state index >= 15 is 0 Å². The van der Waals surface area contributed by atoms with E-state index < -0.39 is 5.91 Å². The second-order valence-electron chi connectivity index (χ2n) is 4.29. The van der Waals surface area contributed by atoms with Gasteiger partial charge in [0.25, 0.3) is 0 Å². The molecule has 0 aliphatic rings. The Balaban J connectivity index is 2.10. The summed E-state index contributed by atoms with van der Waals surface area (Å²) in [5.74, 6) is 0.648. The van der Waals surface area contributed by atoms with Crippen LogP contribution in [0.4, 0.5) is 0 Å². The van der Waals surface area contributed by atoms with Gasteiger partial charge in [-0.2, -0.15) is 0 Å². The van der Waals surface area contributed by atoms with Gasteiger partial charge in [0, 0.05) is 16.2 Å². The van der Waals surface area contributed by atoms with Gasteiger partial charge in [-0.1, -0.05) is 12.1 Å². The van der Waals surface area contributed by atoms with Gasteiger partial charge in [-0.15, -0.1) is 11.8 Å². The summed E-state index contributed by atoms with van der Waals surface area (Å²) in [6.45, 7) is 1.96. The van der Waals surface area contributed by atoms with Crippen molar-refractivity contribution in [2.45, 2.75) is 17.6 Å². The first-order valence-corrected chi connectivity index (χ1v) is 6.86. The summed E-state index contributed by atoms with van der Waals surface area (Å²) in [6.07, 6.45) is 0. The van der Waals surface area contributed by atoms with E-state index in [-0.39, 0.29) is 5.75 Å². The monoisotopic (exact) mass is 273 g/mol. The zero-order chi connectivity index (χ0) is 13.8. The van der Waals surface area contributed by atoms with Gasteiger partial charge >= 0.3 is 0 Å². The van der Waals surface area contributed by atoms with Crippen LogP contribution >= 0.6 is 11.8 Å². The minimum Gasteiger partial charge on any atom is -0.508 e.